The van der Waals surface area contributed by atoms with Gasteiger partial charge in [0, 0.05) is 0 Å². The summed E-state index contributed by atoms with van der Waals surface area (Å²) in [6, 6.07) is 11.3. The summed E-state index contributed by atoms with van der Waals surface area (Å²) in [5.74, 6) is 1.50. The molecular weight excluding hydrogens is 206 g/mol. The van der Waals surface area contributed by atoms with E-state index in [2.05, 4.69) is 37.3 Å². The number of hydrogen-bond donors (Lipinski definition) is 0. The van der Waals surface area contributed by atoms with Gasteiger partial charge in [0.15, 0.2) is 0 Å². The number of benzene rings is 1. The lowest BCUT2D eigenvalue weighted by Crippen LogP contribution is -2.28. The monoisotopic (exact) mass is 225 g/mol. The second-order valence-electron chi connectivity index (χ2n) is 6.01. The SMILES string of the molecule is Cc1cccc(CC2(C#N)CC3CCC2C3)c1. The maximum absolute atomic E-state index is 9.62. The van der Waals surface area contributed by atoms with Crippen LogP contribution in [-0.2, 0) is 6.42 Å². The van der Waals surface area contributed by atoms with Gasteiger partial charge in [0.05, 0.1) is 11.5 Å². The maximum Gasteiger partial charge on any atom is 0.0696 e. The van der Waals surface area contributed by atoms with Gasteiger partial charge in [-0.15, -0.1) is 0 Å². The number of nitriles is 1. The van der Waals surface area contributed by atoms with Gasteiger partial charge in [-0.05, 0) is 50.0 Å². The fourth-order valence-corrected chi connectivity index (χ4v) is 4.02. The third-order valence-electron chi connectivity index (χ3n) is 4.80. The molecule has 3 rings (SSSR count). The van der Waals surface area contributed by atoms with Gasteiger partial charge in [-0.1, -0.05) is 36.2 Å². The first kappa shape index (κ1) is 10.8. The molecule has 1 aromatic rings. The van der Waals surface area contributed by atoms with Gasteiger partial charge < -0.3 is 0 Å². The predicted molar refractivity (Wildman–Crippen MR) is 68.4 cm³/mol. The molecule has 2 aliphatic carbocycles. The first-order valence-electron chi connectivity index (χ1n) is 6.69. The largest absolute Gasteiger partial charge is 0.198 e. The smallest absolute Gasteiger partial charge is 0.0696 e. The van der Waals surface area contributed by atoms with Crippen LogP contribution in [0.3, 0.4) is 0 Å². The molecule has 0 amide bonds. The summed E-state index contributed by atoms with van der Waals surface area (Å²) < 4.78 is 0. The minimum Gasteiger partial charge on any atom is -0.198 e. The van der Waals surface area contributed by atoms with E-state index in [1.54, 1.807) is 0 Å². The van der Waals surface area contributed by atoms with E-state index >= 15 is 0 Å². The Hall–Kier alpha value is -1.29. The van der Waals surface area contributed by atoms with Crippen LogP contribution in [-0.4, -0.2) is 0 Å². The van der Waals surface area contributed by atoms with Gasteiger partial charge in [-0.3, -0.25) is 0 Å². The molecule has 3 atom stereocenters. The van der Waals surface area contributed by atoms with Crippen molar-refractivity contribution in [1.29, 1.82) is 5.26 Å². The molecule has 1 heteroatoms. The maximum atomic E-state index is 9.62. The molecule has 0 aliphatic heterocycles. The van der Waals surface area contributed by atoms with E-state index in [0.717, 1.165) is 18.8 Å². The minimum atomic E-state index is -0.0449. The molecule has 0 radical (unpaired) electrons. The van der Waals surface area contributed by atoms with E-state index < -0.39 is 0 Å². The second kappa shape index (κ2) is 3.88. The summed E-state index contributed by atoms with van der Waals surface area (Å²) in [7, 11) is 0. The summed E-state index contributed by atoms with van der Waals surface area (Å²) in [6.07, 6.45) is 6.06. The van der Waals surface area contributed by atoms with E-state index in [9.17, 15) is 5.26 Å². The Labute approximate surface area is 103 Å². The van der Waals surface area contributed by atoms with Crippen LogP contribution >= 0.6 is 0 Å². The molecule has 2 saturated carbocycles. The van der Waals surface area contributed by atoms with Crippen molar-refractivity contribution in [2.75, 3.05) is 0 Å². The standard InChI is InChI=1S/C16H19N/c1-12-3-2-4-13(7-12)9-16(11-17)10-14-5-6-15(16)8-14/h2-4,7,14-15H,5-6,8-10H2,1H3. The predicted octanol–water partition coefficient (Wildman–Crippen LogP) is 3.87. The molecule has 0 saturated heterocycles. The topological polar surface area (TPSA) is 23.8 Å². The lowest BCUT2D eigenvalue weighted by Gasteiger charge is -2.31. The number of hydrogen-bond acceptors (Lipinski definition) is 1. The Kier molecular flexibility index (Phi) is 2.47. The van der Waals surface area contributed by atoms with E-state index in [1.165, 1.54) is 30.4 Å². The molecule has 0 aromatic heterocycles. The summed E-state index contributed by atoms with van der Waals surface area (Å²) in [5, 5.41) is 9.62. The highest BCUT2D eigenvalue weighted by molar-refractivity contribution is 5.26. The average molecular weight is 225 g/mol. The third kappa shape index (κ3) is 1.76. The zero-order chi connectivity index (χ0) is 11.9. The van der Waals surface area contributed by atoms with Crippen LogP contribution < -0.4 is 0 Å². The van der Waals surface area contributed by atoms with Crippen LogP contribution in [0.4, 0.5) is 0 Å². The Morgan fingerprint density at radius 3 is 2.88 bits per heavy atom. The van der Waals surface area contributed by atoms with E-state index in [-0.39, 0.29) is 5.41 Å². The van der Waals surface area contributed by atoms with Crippen molar-refractivity contribution >= 4 is 0 Å². The minimum absolute atomic E-state index is 0.0449. The van der Waals surface area contributed by atoms with E-state index in [4.69, 9.17) is 0 Å². The molecule has 88 valence electrons. The molecule has 0 heterocycles. The summed E-state index contributed by atoms with van der Waals surface area (Å²) in [5.41, 5.74) is 2.61. The Balaban J connectivity index is 1.86. The van der Waals surface area contributed by atoms with Gasteiger partial charge in [0.25, 0.3) is 0 Å². The van der Waals surface area contributed by atoms with Gasteiger partial charge in [-0.2, -0.15) is 5.26 Å². The van der Waals surface area contributed by atoms with Crippen LogP contribution in [0.15, 0.2) is 24.3 Å². The van der Waals surface area contributed by atoms with Crippen LogP contribution in [0.1, 0.15) is 36.8 Å². The summed E-state index contributed by atoms with van der Waals surface area (Å²) in [4.78, 5) is 0. The van der Waals surface area contributed by atoms with Crippen LogP contribution in [0, 0.1) is 35.5 Å². The number of rotatable bonds is 2. The van der Waals surface area contributed by atoms with Crippen LogP contribution in [0.5, 0.6) is 0 Å². The fraction of sp³-hybridized carbons (Fsp3) is 0.562. The van der Waals surface area contributed by atoms with E-state index in [1.807, 2.05) is 0 Å². The fourth-order valence-electron chi connectivity index (χ4n) is 4.02. The van der Waals surface area contributed by atoms with Crippen molar-refractivity contribution in [2.24, 2.45) is 17.3 Å². The summed E-state index contributed by atoms with van der Waals surface area (Å²) >= 11 is 0. The van der Waals surface area contributed by atoms with Crippen LogP contribution in [0.25, 0.3) is 0 Å². The van der Waals surface area contributed by atoms with Crippen molar-refractivity contribution in [3.05, 3.63) is 35.4 Å². The zero-order valence-corrected chi connectivity index (χ0v) is 10.4. The third-order valence-corrected chi connectivity index (χ3v) is 4.80. The van der Waals surface area contributed by atoms with Crippen molar-refractivity contribution in [3.63, 3.8) is 0 Å². The van der Waals surface area contributed by atoms with Gasteiger partial charge >= 0.3 is 0 Å². The van der Waals surface area contributed by atoms with Gasteiger partial charge in [0.2, 0.25) is 0 Å². The van der Waals surface area contributed by atoms with Crippen molar-refractivity contribution in [2.45, 2.75) is 39.0 Å². The van der Waals surface area contributed by atoms with Gasteiger partial charge in [0.1, 0.15) is 0 Å². The quantitative estimate of drug-likeness (QED) is 0.749. The average Bonchev–Trinajstić information content (AvgIpc) is 2.89. The molecule has 17 heavy (non-hydrogen) atoms. The molecule has 2 bridgehead atoms. The second-order valence-corrected chi connectivity index (χ2v) is 6.01. The number of fused-ring (bicyclic) bond motifs is 2. The van der Waals surface area contributed by atoms with Crippen LogP contribution in [0.2, 0.25) is 0 Å². The first-order valence-corrected chi connectivity index (χ1v) is 6.69. The Bertz CT molecular complexity index is 471. The molecule has 0 spiro atoms. The zero-order valence-electron chi connectivity index (χ0n) is 10.4. The lowest BCUT2D eigenvalue weighted by molar-refractivity contribution is 0.239. The highest BCUT2D eigenvalue weighted by Crippen LogP contribution is 2.56. The van der Waals surface area contributed by atoms with Crippen molar-refractivity contribution in [3.8, 4) is 6.07 Å². The molecule has 1 aromatic carbocycles. The molecule has 2 fully saturated rings. The normalized spacial score (nSPS) is 34.8. The Morgan fingerprint density at radius 2 is 2.29 bits per heavy atom. The Morgan fingerprint density at radius 1 is 1.41 bits per heavy atom. The first-order chi connectivity index (χ1) is 8.22. The highest BCUT2D eigenvalue weighted by Gasteiger charge is 2.51. The lowest BCUT2D eigenvalue weighted by atomic mass is 9.70. The van der Waals surface area contributed by atoms with E-state index in [0.29, 0.717) is 5.92 Å². The molecular formula is C16H19N. The summed E-state index contributed by atoms with van der Waals surface area (Å²) in [6.45, 7) is 2.13. The van der Waals surface area contributed by atoms with Gasteiger partial charge in [-0.25, -0.2) is 0 Å². The number of nitrogens with zero attached hydrogens (tertiary/aromatic N) is 1. The molecule has 1 nitrogen and oxygen atoms in total. The molecule has 0 N–H and O–H groups in total. The van der Waals surface area contributed by atoms with Crippen molar-refractivity contribution < 1.29 is 0 Å². The number of aryl methyl sites for hydroxylation is 1. The van der Waals surface area contributed by atoms with Crippen molar-refractivity contribution in [1.82, 2.24) is 0 Å². The molecule has 2 aliphatic rings. The molecule has 3 unspecified atom stereocenters. The highest BCUT2D eigenvalue weighted by atomic mass is 14.5.